The molecular weight excluding hydrogens is 314 g/mol. The Hall–Kier alpha value is -2.66. The van der Waals surface area contributed by atoms with Crippen LogP contribution in [0.25, 0.3) is 6.08 Å². The van der Waals surface area contributed by atoms with E-state index < -0.39 is 0 Å². The second-order valence-corrected chi connectivity index (χ2v) is 5.02. The summed E-state index contributed by atoms with van der Waals surface area (Å²) in [5.74, 6) is -0.517. The summed E-state index contributed by atoms with van der Waals surface area (Å²) in [5, 5.41) is 5.76. The topological polar surface area (TPSA) is 71.1 Å². The van der Waals surface area contributed by atoms with Gasteiger partial charge >= 0.3 is 0 Å². The van der Waals surface area contributed by atoms with Gasteiger partial charge in [0.2, 0.25) is 5.91 Å². The minimum Gasteiger partial charge on any atom is -0.351 e. The van der Waals surface area contributed by atoms with E-state index in [1.54, 1.807) is 48.7 Å². The molecule has 118 valence electrons. The minimum absolute atomic E-state index is 0.248. The van der Waals surface area contributed by atoms with Crippen molar-refractivity contribution in [2.75, 3.05) is 13.1 Å². The molecule has 1 aromatic carbocycles. The third-order valence-corrected chi connectivity index (χ3v) is 3.25. The van der Waals surface area contributed by atoms with Crippen LogP contribution in [0.15, 0.2) is 54.7 Å². The lowest BCUT2D eigenvalue weighted by atomic mass is 10.2. The Bertz CT molecular complexity index is 702. The molecule has 23 heavy (non-hydrogen) atoms. The second kappa shape index (κ2) is 8.70. The molecule has 6 heteroatoms. The number of aromatic nitrogens is 1. The van der Waals surface area contributed by atoms with E-state index in [0.717, 1.165) is 0 Å². The third kappa shape index (κ3) is 5.56. The van der Waals surface area contributed by atoms with E-state index in [0.29, 0.717) is 29.4 Å². The number of nitrogens with zero attached hydrogens (tertiary/aromatic N) is 1. The molecule has 5 nitrogen and oxygen atoms in total. The highest BCUT2D eigenvalue weighted by Gasteiger charge is 2.08. The molecule has 2 amide bonds. The number of carbonyl (C=O) groups is 2. The lowest BCUT2D eigenvalue weighted by molar-refractivity contribution is -0.116. The number of nitrogens with one attached hydrogen (secondary N) is 2. The first kappa shape index (κ1) is 16.7. The van der Waals surface area contributed by atoms with E-state index in [2.05, 4.69) is 15.6 Å². The van der Waals surface area contributed by atoms with Crippen molar-refractivity contribution in [1.82, 2.24) is 15.6 Å². The minimum atomic E-state index is -0.270. The van der Waals surface area contributed by atoms with Crippen molar-refractivity contribution in [1.29, 1.82) is 0 Å². The fraction of sp³-hybridized carbons (Fsp3) is 0.118. The molecule has 0 radical (unpaired) electrons. The Kier molecular flexibility index (Phi) is 6.32. The highest BCUT2D eigenvalue weighted by Crippen LogP contribution is 2.14. The van der Waals surface area contributed by atoms with Crippen LogP contribution in [0.1, 0.15) is 16.1 Å². The molecule has 1 heterocycles. The van der Waals surface area contributed by atoms with Crippen LogP contribution in [0.5, 0.6) is 0 Å². The number of halogens is 1. The Morgan fingerprint density at radius 2 is 1.78 bits per heavy atom. The number of benzene rings is 1. The van der Waals surface area contributed by atoms with Gasteiger partial charge in [-0.25, -0.2) is 0 Å². The quantitative estimate of drug-likeness (QED) is 0.631. The fourth-order valence-electron chi connectivity index (χ4n) is 1.80. The SMILES string of the molecule is O=C(/C=C/c1ccccn1)NCCNC(=O)c1ccccc1Cl. The van der Waals surface area contributed by atoms with Gasteiger partial charge in [-0.15, -0.1) is 0 Å². The molecule has 2 aromatic rings. The maximum atomic E-state index is 11.9. The molecule has 0 atom stereocenters. The van der Waals surface area contributed by atoms with Gasteiger partial charge in [-0.3, -0.25) is 14.6 Å². The number of carbonyl (C=O) groups excluding carboxylic acids is 2. The molecule has 0 saturated heterocycles. The molecule has 0 aliphatic heterocycles. The Labute approximate surface area is 139 Å². The van der Waals surface area contributed by atoms with E-state index >= 15 is 0 Å². The molecule has 0 bridgehead atoms. The molecule has 0 fully saturated rings. The van der Waals surface area contributed by atoms with Gasteiger partial charge in [-0.1, -0.05) is 29.8 Å². The zero-order valence-electron chi connectivity index (χ0n) is 12.3. The first-order valence-corrected chi connectivity index (χ1v) is 7.44. The zero-order chi connectivity index (χ0) is 16.5. The van der Waals surface area contributed by atoms with Crippen LogP contribution in [0.2, 0.25) is 5.02 Å². The number of pyridine rings is 1. The summed E-state index contributed by atoms with van der Waals surface area (Å²) < 4.78 is 0. The van der Waals surface area contributed by atoms with Crippen LogP contribution in [-0.2, 0) is 4.79 Å². The van der Waals surface area contributed by atoms with Crippen molar-refractivity contribution in [2.45, 2.75) is 0 Å². The van der Waals surface area contributed by atoms with Gasteiger partial charge in [-0.2, -0.15) is 0 Å². The summed E-state index contributed by atoms with van der Waals surface area (Å²) in [4.78, 5) is 27.6. The Morgan fingerprint density at radius 1 is 1.04 bits per heavy atom. The van der Waals surface area contributed by atoms with Crippen LogP contribution in [0.3, 0.4) is 0 Å². The highest BCUT2D eigenvalue weighted by molar-refractivity contribution is 6.33. The average molecular weight is 330 g/mol. The number of rotatable bonds is 6. The summed E-state index contributed by atoms with van der Waals surface area (Å²) in [7, 11) is 0. The molecule has 2 rings (SSSR count). The predicted octanol–water partition coefficient (Wildman–Crippen LogP) is 2.29. The fourth-order valence-corrected chi connectivity index (χ4v) is 2.02. The van der Waals surface area contributed by atoms with E-state index in [1.807, 2.05) is 6.07 Å². The standard InChI is InChI=1S/C17H16ClN3O2/c18-15-7-2-1-6-14(15)17(23)21-12-11-20-16(22)9-8-13-5-3-4-10-19-13/h1-10H,11-12H2,(H,20,22)(H,21,23)/b9-8+. The van der Waals surface area contributed by atoms with E-state index in [1.165, 1.54) is 6.08 Å². The van der Waals surface area contributed by atoms with E-state index in [4.69, 9.17) is 11.6 Å². The van der Waals surface area contributed by atoms with Crippen LogP contribution in [0, 0.1) is 0 Å². The van der Waals surface area contributed by atoms with Crippen LogP contribution >= 0.6 is 11.6 Å². The van der Waals surface area contributed by atoms with E-state index in [9.17, 15) is 9.59 Å². The zero-order valence-corrected chi connectivity index (χ0v) is 13.1. The summed E-state index contributed by atoms with van der Waals surface area (Å²) in [6.45, 7) is 0.634. The van der Waals surface area contributed by atoms with Crippen molar-refractivity contribution < 1.29 is 9.59 Å². The first-order chi connectivity index (χ1) is 11.2. The first-order valence-electron chi connectivity index (χ1n) is 7.06. The monoisotopic (exact) mass is 329 g/mol. The number of amides is 2. The van der Waals surface area contributed by atoms with Crippen molar-refractivity contribution in [2.24, 2.45) is 0 Å². The Balaban J connectivity index is 1.71. The summed E-state index contributed by atoms with van der Waals surface area (Å²) in [6, 6.07) is 12.2. The lowest BCUT2D eigenvalue weighted by Crippen LogP contribution is -2.34. The van der Waals surface area contributed by atoms with Gasteiger partial charge in [-0.05, 0) is 30.3 Å². The van der Waals surface area contributed by atoms with Crippen LogP contribution in [-0.4, -0.2) is 29.9 Å². The maximum absolute atomic E-state index is 11.9. The van der Waals surface area contributed by atoms with Gasteiger partial charge in [0, 0.05) is 25.4 Å². The molecule has 0 spiro atoms. The summed E-state index contributed by atoms with van der Waals surface area (Å²) >= 11 is 5.94. The summed E-state index contributed by atoms with van der Waals surface area (Å²) in [5.41, 5.74) is 1.12. The van der Waals surface area contributed by atoms with Crippen molar-refractivity contribution in [3.05, 3.63) is 71.0 Å². The molecule has 1 aromatic heterocycles. The lowest BCUT2D eigenvalue weighted by Gasteiger charge is -2.07. The summed E-state index contributed by atoms with van der Waals surface area (Å²) in [6.07, 6.45) is 4.68. The average Bonchev–Trinajstić information content (AvgIpc) is 2.58. The number of hydrogen-bond acceptors (Lipinski definition) is 3. The van der Waals surface area contributed by atoms with Gasteiger partial charge < -0.3 is 10.6 Å². The van der Waals surface area contributed by atoms with Gasteiger partial charge in [0.1, 0.15) is 0 Å². The number of hydrogen-bond donors (Lipinski definition) is 2. The maximum Gasteiger partial charge on any atom is 0.252 e. The molecule has 0 saturated carbocycles. The second-order valence-electron chi connectivity index (χ2n) is 4.61. The van der Waals surface area contributed by atoms with Gasteiger partial charge in [0.15, 0.2) is 0 Å². The molecule has 0 aliphatic carbocycles. The third-order valence-electron chi connectivity index (χ3n) is 2.92. The van der Waals surface area contributed by atoms with Crippen molar-refractivity contribution >= 4 is 29.5 Å². The molecular formula is C17H16ClN3O2. The normalized spacial score (nSPS) is 10.5. The van der Waals surface area contributed by atoms with Crippen LogP contribution < -0.4 is 10.6 Å². The highest BCUT2D eigenvalue weighted by atomic mass is 35.5. The smallest absolute Gasteiger partial charge is 0.252 e. The van der Waals surface area contributed by atoms with Gasteiger partial charge in [0.25, 0.3) is 5.91 Å². The molecule has 2 N–H and O–H groups in total. The largest absolute Gasteiger partial charge is 0.351 e. The van der Waals surface area contributed by atoms with Crippen molar-refractivity contribution in [3.8, 4) is 0 Å². The Morgan fingerprint density at radius 3 is 2.52 bits per heavy atom. The van der Waals surface area contributed by atoms with Crippen molar-refractivity contribution in [3.63, 3.8) is 0 Å². The van der Waals surface area contributed by atoms with E-state index in [-0.39, 0.29) is 11.8 Å². The van der Waals surface area contributed by atoms with Crippen LogP contribution in [0.4, 0.5) is 0 Å². The molecule has 0 aliphatic rings. The molecule has 0 unspecified atom stereocenters. The van der Waals surface area contributed by atoms with Gasteiger partial charge in [0.05, 0.1) is 16.3 Å². The predicted molar refractivity (Wildman–Crippen MR) is 90.1 cm³/mol.